The van der Waals surface area contributed by atoms with Crippen LogP contribution in [0.2, 0.25) is 0 Å². The van der Waals surface area contributed by atoms with Gasteiger partial charge >= 0.3 is 12.1 Å². The summed E-state index contributed by atoms with van der Waals surface area (Å²) in [7, 11) is 0. The van der Waals surface area contributed by atoms with Gasteiger partial charge < -0.3 is 38.1 Å². The number of hydrogen-bond donors (Lipinski definition) is 0. The van der Waals surface area contributed by atoms with E-state index in [-0.39, 0.29) is 79.7 Å². The SMILES string of the molecule is C=CCOC(=O)C1CCN(C(=O)CC(C=O)OC(C)OC(=O)O[C@@](Cn2cncn2)(c2ccc(F)cc2F)[C@@H](C)SC2COC(/C=C/C=C/c3ccc(C#N)cc3F)OC2)CC1. The molecule has 0 spiro atoms. The average molecular weight is 882 g/mol. The molecule has 15 nitrogen and oxygen atoms in total. The maximum Gasteiger partial charge on any atom is 0.511 e. The summed E-state index contributed by atoms with van der Waals surface area (Å²) in [6.07, 6.45) is 6.30. The summed E-state index contributed by atoms with van der Waals surface area (Å²) >= 11 is 1.23. The van der Waals surface area contributed by atoms with E-state index in [1.807, 2.05) is 6.07 Å². The van der Waals surface area contributed by atoms with Gasteiger partial charge in [0.15, 0.2) is 11.9 Å². The van der Waals surface area contributed by atoms with Gasteiger partial charge in [-0.3, -0.25) is 9.59 Å². The van der Waals surface area contributed by atoms with Gasteiger partial charge in [-0.15, -0.1) is 11.8 Å². The highest BCUT2D eigenvalue weighted by molar-refractivity contribution is 8.00. The molecule has 19 heteroatoms. The number of aldehydes is 1. The molecule has 62 heavy (non-hydrogen) atoms. The van der Waals surface area contributed by atoms with Crippen LogP contribution in [0.15, 0.2) is 79.9 Å². The van der Waals surface area contributed by atoms with Crippen LogP contribution in [0.25, 0.3) is 6.08 Å². The predicted octanol–water partition coefficient (Wildman–Crippen LogP) is 6.04. The van der Waals surface area contributed by atoms with E-state index in [1.54, 1.807) is 25.2 Å². The molecule has 2 aliphatic heterocycles. The first-order chi connectivity index (χ1) is 29.8. The number of halogens is 3. The number of carbonyl (C=O) groups excluding carboxylic acids is 4. The first-order valence-electron chi connectivity index (χ1n) is 19.6. The van der Waals surface area contributed by atoms with Crippen LogP contribution in [-0.2, 0) is 55.0 Å². The molecule has 3 heterocycles. The Morgan fingerprint density at radius 2 is 1.84 bits per heavy atom. The molecule has 4 atom stereocenters. The number of piperidine rings is 1. The van der Waals surface area contributed by atoms with E-state index in [0.717, 1.165) is 18.2 Å². The van der Waals surface area contributed by atoms with Crippen molar-refractivity contribution < 1.29 is 60.8 Å². The molecule has 2 saturated heterocycles. The van der Waals surface area contributed by atoms with Gasteiger partial charge in [-0.2, -0.15) is 10.4 Å². The molecule has 0 radical (unpaired) electrons. The third-order valence-electron chi connectivity index (χ3n) is 9.93. The third kappa shape index (κ3) is 13.1. The van der Waals surface area contributed by atoms with Gasteiger partial charge in [0.1, 0.15) is 49.1 Å². The standard InChI is InChI=1S/C43H46F3N5O10S/c1-4-17-56-41(54)32-13-15-50(16-14-32)39(53)20-34(22-52)59-29(3)60-42(55)61-43(25-51-27-48-26-49-51,36-12-11-33(44)19-38(36)46)28(2)62-35-23-57-40(58-24-35)8-6-5-7-31-10-9-30(21-47)18-37(31)45/h4-12,18-19,22,26-29,32,34-35,40H,1,13-17,20,23-25H2,2-3H3/b7-5+,8-6+/t28-,29?,34?,35?,40?,43-/m1/s1. The molecule has 1 amide bonds. The normalized spacial score (nSPS) is 19.5. The summed E-state index contributed by atoms with van der Waals surface area (Å²) in [5, 5.41) is 11.9. The largest absolute Gasteiger partial charge is 0.511 e. The molecule has 0 saturated carbocycles. The highest BCUT2D eigenvalue weighted by Crippen LogP contribution is 2.42. The fraction of sp³-hybridized carbons (Fsp3) is 0.419. The second-order valence-corrected chi connectivity index (χ2v) is 15.9. The Labute approximate surface area is 360 Å². The van der Waals surface area contributed by atoms with Gasteiger partial charge in [0.25, 0.3) is 0 Å². The first kappa shape index (κ1) is 47.2. The van der Waals surface area contributed by atoms with E-state index in [1.165, 1.54) is 65.2 Å². The smallest absolute Gasteiger partial charge is 0.461 e. The minimum absolute atomic E-state index is 0.0919. The molecule has 2 fully saturated rings. The van der Waals surface area contributed by atoms with Crippen LogP contribution in [0.4, 0.5) is 18.0 Å². The molecule has 2 aromatic carbocycles. The van der Waals surface area contributed by atoms with Crippen LogP contribution in [0.3, 0.4) is 0 Å². The van der Waals surface area contributed by atoms with Gasteiger partial charge in [0.05, 0.1) is 49.0 Å². The fourth-order valence-electron chi connectivity index (χ4n) is 6.76. The van der Waals surface area contributed by atoms with Gasteiger partial charge in [-0.05, 0) is 57.0 Å². The van der Waals surface area contributed by atoms with Crippen molar-refractivity contribution in [2.75, 3.05) is 32.9 Å². The number of likely N-dealkylation sites (tertiary alicyclic amines) is 1. The number of nitriles is 1. The van der Waals surface area contributed by atoms with E-state index < -0.39 is 59.0 Å². The van der Waals surface area contributed by atoms with Crippen molar-refractivity contribution in [2.45, 2.75) is 74.4 Å². The summed E-state index contributed by atoms with van der Waals surface area (Å²) in [5.41, 5.74) is -1.66. The van der Waals surface area contributed by atoms with E-state index in [0.29, 0.717) is 25.2 Å². The van der Waals surface area contributed by atoms with Crippen LogP contribution in [0, 0.1) is 34.7 Å². The van der Waals surface area contributed by atoms with E-state index in [4.69, 9.17) is 33.7 Å². The zero-order valence-electron chi connectivity index (χ0n) is 34.0. The Balaban J connectivity index is 1.24. The lowest BCUT2D eigenvalue weighted by Gasteiger charge is -2.40. The lowest BCUT2D eigenvalue weighted by atomic mass is 9.89. The maximum absolute atomic E-state index is 15.8. The molecule has 3 aromatic rings. The summed E-state index contributed by atoms with van der Waals surface area (Å²) in [6.45, 7) is 7.09. The predicted molar refractivity (Wildman–Crippen MR) is 217 cm³/mol. The highest BCUT2D eigenvalue weighted by atomic mass is 32.2. The van der Waals surface area contributed by atoms with Crippen molar-refractivity contribution in [1.29, 1.82) is 5.26 Å². The zero-order chi connectivity index (χ0) is 44.6. The molecular weight excluding hydrogens is 836 g/mol. The number of nitrogens with zero attached hydrogens (tertiary/aromatic N) is 5. The van der Waals surface area contributed by atoms with E-state index in [9.17, 15) is 28.0 Å². The average Bonchev–Trinajstić information content (AvgIpc) is 3.77. The molecule has 1 aromatic heterocycles. The van der Waals surface area contributed by atoms with Crippen LogP contribution >= 0.6 is 11.8 Å². The third-order valence-corrected chi connectivity index (χ3v) is 11.4. The number of esters is 1. The molecule has 0 aliphatic carbocycles. The van der Waals surface area contributed by atoms with Crippen molar-refractivity contribution in [3.8, 4) is 6.07 Å². The number of hydrogen-bond acceptors (Lipinski definition) is 14. The summed E-state index contributed by atoms with van der Waals surface area (Å²) in [4.78, 5) is 56.4. The number of allylic oxidation sites excluding steroid dienone is 2. The van der Waals surface area contributed by atoms with Crippen LogP contribution in [-0.4, -0.2) is 106 Å². The topological polar surface area (TPSA) is 181 Å². The van der Waals surface area contributed by atoms with Gasteiger partial charge in [0.2, 0.25) is 12.2 Å². The maximum atomic E-state index is 15.8. The highest BCUT2D eigenvalue weighted by Gasteiger charge is 2.47. The Morgan fingerprint density at radius 3 is 2.48 bits per heavy atom. The Kier molecular flexibility index (Phi) is 17.4. The van der Waals surface area contributed by atoms with Gasteiger partial charge in [-0.1, -0.05) is 36.9 Å². The van der Waals surface area contributed by atoms with E-state index >= 15 is 4.39 Å². The Morgan fingerprint density at radius 1 is 1.08 bits per heavy atom. The molecular formula is C43H46F3N5O10S. The zero-order valence-corrected chi connectivity index (χ0v) is 34.8. The number of carbonyl (C=O) groups is 4. The molecule has 330 valence electrons. The minimum Gasteiger partial charge on any atom is -0.461 e. The first-order valence-corrected chi connectivity index (χ1v) is 20.5. The van der Waals surface area contributed by atoms with Gasteiger partial charge in [0, 0.05) is 35.5 Å². The lowest BCUT2D eigenvalue weighted by Crippen LogP contribution is -2.47. The van der Waals surface area contributed by atoms with E-state index in [2.05, 4.69) is 16.7 Å². The van der Waals surface area contributed by atoms with Gasteiger partial charge in [-0.25, -0.2) is 27.6 Å². The summed E-state index contributed by atoms with van der Waals surface area (Å²) < 4.78 is 79.6. The number of ether oxygens (including phenoxy) is 6. The summed E-state index contributed by atoms with van der Waals surface area (Å²) in [5.74, 6) is -3.59. The second kappa shape index (κ2) is 22.9. The van der Waals surface area contributed by atoms with Crippen LogP contribution in [0.1, 0.15) is 49.8 Å². The second-order valence-electron chi connectivity index (χ2n) is 14.3. The number of thioether (sulfide) groups is 1. The van der Waals surface area contributed by atoms with Crippen molar-refractivity contribution in [2.24, 2.45) is 5.92 Å². The molecule has 0 N–H and O–H groups in total. The number of rotatable bonds is 19. The Hall–Kier alpha value is -5.81. The molecule has 5 rings (SSSR count). The summed E-state index contributed by atoms with van der Waals surface area (Å²) in [6, 6.07) is 8.84. The monoisotopic (exact) mass is 881 g/mol. The van der Waals surface area contributed by atoms with Crippen molar-refractivity contribution >= 4 is 42.2 Å². The number of amides is 1. The quantitative estimate of drug-likeness (QED) is 0.0447. The van der Waals surface area contributed by atoms with Crippen LogP contribution < -0.4 is 0 Å². The molecule has 2 unspecified atom stereocenters. The van der Waals surface area contributed by atoms with Crippen molar-refractivity contribution in [3.63, 3.8) is 0 Å². The lowest BCUT2D eigenvalue weighted by molar-refractivity contribution is -0.166. The number of benzene rings is 2. The van der Waals surface area contributed by atoms with Crippen molar-refractivity contribution in [1.82, 2.24) is 19.7 Å². The molecule has 2 aliphatic rings. The molecule has 0 bridgehead atoms. The fourth-order valence-corrected chi connectivity index (χ4v) is 8.12. The van der Waals surface area contributed by atoms with Crippen LogP contribution in [0.5, 0.6) is 0 Å². The van der Waals surface area contributed by atoms with Crippen molar-refractivity contribution in [3.05, 3.63) is 114 Å². The number of aromatic nitrogens is 3. The Bertz CT molecular complexity index is 2120. The minimum atomic E-state index is -1.94.